The molecule has 0 aliphatic carbocycles. The van der Waals surface area contributed by atoms with E-state index in [4.69, 9.17) is 16.3 Å². The van der Waals surface area contributed by atoms with Crippen LogP contribution in [-0.2, 0) is 11.2 Å². The lowest BCUT2D eigenvalue weighted by Crippen LogP contribution is -2.12. The monoisotopic (exact) mass is 383 g/mol. The molecule has 0 aliphatic rings. The average molecular weight is 384 g/mol. The molecule has 0 unspecified atom stereocenters. The fourth-order valence-corrected chi connectivity index (χ4v) is 2.81. The number of aromatic hydroxyl groups is 1. The fourth-order valence-electron chi connectivity index (χ4n) is 2.53. The number of carbonyl (C=O) groups excluding carboxylic acids is 1. The second-order valence-electron chi connectivity index (χ2n) is 5.86. The third-order valence-corrected chi connectivity index (χ3v) is 4.19. The van der Waals surface area contributed by atoms with Crippen LogP contribution in [0.3, 0.4) is 0 Å². The van der Waals surface area contributed by atoms with Gasteiger partial charge in [0.25, 0.3) is 0 Å². The molecule has 0 radical (unpaired) electrons. The van der Waals surface area contributed by atoms with Crippen LogP contribution in [0.2, 0.25) is 5.02 Å². The zero-order valence-corrected chi connectivity index (χ0v) is 15.4. The summed E-state index contributed by atoms with van der Waals surface area (Å²) >= 11 is 6.09. The molecule has 6 nitrogen and oxygen atoms in total. The Kier molecular flexibility index (Phi) is 5.88. The quantitative estimate of drug-likeness (QED) is 0.670. The highest BCUT2D eigenvalue weighted by atomic mass is 35.5. The van der Waals surface area contributed by atoms with E-state index in [1.807, 2.05) is 6.07 Å². The van der Waals surface area contributed by atoms with Gasteiger partial charge in [-0.15, -0.1) is 0 Å². The number of nitrogens with one attached hydrogen (secondary N) is 1. The number of phenolic OH excluding ortho intramolecular Hbond substituents is 1. The Bertz CT molecular complexity index is 945. The zero-order valence-electron chi connectivity index (χ0n) is 14.6. The summed E-state index contributed by atoms with van der Waals surface area (Å²) in [7, 11) is 1.56. The molecule has 3 rings (SSSR count). The number of phenols is 1. The summed E-state index contributed by atoms with van der Waals surface area (Å²) in [4.78, 5) is 20.6. The SMILES string of the molecule is COc1ccc(CCC(=O)Nc2cnc(-c3cccc(O)c3)nc2)cc1Cl. The van der Waals surface area contributed by atoms with Gasteiger partial charge in [0.1, 0.15) is 11.5 Å². The molecule has 27 heavy (non-hydrogen) atoms. The van der Waals surface area contributed by atoms with Crippen LogP contribution in [0.5, 0.6) is 11.5 Å². The van der Waals surface area contributed by atoms with Crippen molar-refractivity contribution in [3.05, 3.63) is 65.4 Å². The molecule has 0 bridgehead atoms. The Balaban J connectivity index is 1.57. The second kappa shape index (κ2) is 8.51. The minimum absolute atomic E-state index is 0.143. The largest absolute Gasteiger partial charge is 0.508 e. The van der Waals surface area contributed by atoms with Crippen molar-refractivity contribution in [2.45, 2.75) is 12.8 Å². The molecule has 1 amide bonds. The van der Waals surface area contributed by atoms with Crippen molar-refractivity contribution >= 4 is 23.2 Å². The van der Waals surface area contributed by atoms with E-state index in [0.717, 1.165) is 5.56 Å². The lowest BCUT2D eigenvalue weighted by molar-refractivity contribution is -0.116. The van der Waals surface area contributed by atoms with Crippen LogP contribution in [0.1, 0.15) is 12.0 Å². The number of carbonyl (C=O) groups is 1. The first kappa shape index (κ1) is 18.7. The van der Waals surface area contributed by atoms with E-state index in [0.29, 0.717) is 40.7 Å². The van der Waals surface area contributed by atoms with Gasteiger partial charge in [-0.2, -0.15) is 0 Å². The van der Waals surface area contributed by atoms with Gasteiger partial charge in [-0.25, -0.2) is 9.97 Å². The normalized spacial score (nSPS) is 10.4. The van der Waals surface area contributed by atoms with Crippen LogP contribution in [0.25, 0.3) is 11.4 Å². The van der Waals surface area contributed by atoms with Gasteiger partial charge in [-0.1, -0.05) is 29.8 Å². The molecule has 3 aromatic rings. The number of methoxy groups -OCH3 is 1. The molecular formula is C20H18ClN3O3. The van der Waals surface area contributed by atoms with Gasteiger partial charge in [0, 0.05) is 12.0 Å². The van der Waals surface area contributed by atoms with Crippen LogP contribution in [0, 0.1) is 0 Å². The van der Waals surface area contributed by atoms with E-state index in [1.54, 1.807) is 43.5 Å². The minimum Gasteiger partial charge on any atom is -0.508 e. The number of aromatic nitrogens is 2. The number of benzene rings is 2. The predicted molar refractivity (Wildman–Crippen MR) is 104 cm³/mol. The van der Waals surface area contributed by atoms with E-state index in [9.17, 15) is 9.90 Å². The smallest absolute Gasteiger partial charge is 0.224 e. The molecular weight excluding hydrogens is 366 g/mol. The van der Waals surface area contributed by atoms with E-state index in [2.05, 4.69) is 15.3 Å². The number of hydrogen-bond acceptors (Lipinski definition) is 5. The average Bonchev–Trinajstić information content (AvgIpc) is 2.67. The molecule has 0 spiro atoms. The number of hydrogen-bond donors (Lipinski definition) is 2. The fraction of sp³-hybridized carbons (Fsp3) is 0.150. The van der Waals surface area contributed by atoms with E-state index in [1.165, 1.54) is 12.4 Å². The third kappa shape index (κ3) is 4.95. The van der Waals surface area contributed by atoms with Crippen LogP contribution >= 0.6 is 11.6 Å². The maximum absolute atomic E-state index is 12.1. The van der Waals surface area contributed by atoms with E-state index < -0.39 is 0 Å². The van der Waals surface area contributed by atoms with Crippen molar-refractivity contribution in [3.8, 4) is 22.9 Å². The molecule has 0 aliphatic heterocycles. The van der Waals surface area contributed by atoms with Gasteiger partial charge in [0.15, 0.2) is 5.82 Å². The molecule has 0 saturated heterocycles. The van der Waals surface area contributed by atoms with Gasteiger partial charge >= 0.3 is 0 Å². The Morgan fingerprint density at radius 3 is 2.63 bits per heavy atom. The molecule has 1 aromatic heterocycles. The van der Waals surface area contributed by atoms with E-state index in [-0.39, 0.29) is 11.7 Å². The van der Waals surface area contributed by atoms with Crippen LogP contribution < -0.4 is 10.1 Å². The van der Waals surface area contributed by atoms with Crippen LogP contribution in [0.4, 0.5) is 5.69 Å². The van der Waals surface area contributed by atoms with Crippen molar-refractivity contribution in [2.75, 3.05) is 12.4 Å². The summed E-state index contributed by atoms with van der Waals surface area (Å²) in [5.41, 5.74) is 2.16. The van der Waals surface area contributed by atoms with Crippen LogP contribution in [0.15, 0.2) is 54.9 Å². The molecule has 0 fully saturated rings. The third-order valence-electron chi connectivity index (χ3n) is 3.90. The Morgan fingerprint density at radius 1 is 1.19 bits per heavy atom. The topological polar surface area (TPSA) is 84.3 Å². The number of aryl methyl sites for hydroxylation is 1. The maximum Gasteiger partial charge on any atom is 0.224 e. The van der Waals surface area contributed by atoms with Crippen molar-refractivity contribution in [2.24, 2.45) is 0 Å². The first-order valence-electron chi connectivity index (χ1n) is 8.29. The zero-order chi connectivity index (χ0) is 19.2. The minimum atomic E-state index is -0.143. The summed E-state index contributed by atoms with van der Waals surface area (Å²) in [5.74, 6) is 1.08. The van der Waals surface area contributed by atoms with Crippen molar-refractivity contribution in [3.63, 3.8) is 0 Å². The molecule has 2 aromatic carbocycles. The summed E-state index contributed by atoms with van der Waals surface area (Å²) in [6, 6.07) is 12.1. The number of rotatable bonds is 6. The first-order chi connectivity index (χ1) is 13.0. The first-order valence-corrected chi connectivity index (χ1v) is 8.66. The number of anilines is 1. The highest BCUT2D eigenvalue weighted by Crippen LogP contribution is 2.25. The lowest BCUT2D eigenvalue weighted by Gasteiger charge is -2.07. The van der Waals surface area contributed by atoms with Crippen molar-refractivity contribution in [1.29, 1.82) is 0 Å². The van der Waals surface area contributed by atoms with E-state index >= 15 is 0 Å². The number of amides is 1. The number of nitrogens with zero attached hydrogens (tertiary/aromatic N) is 2. The van der Waals surface area contributed by atoms with Gasteiger partial charge in [-0.3, -0.25) is 4.79 Å². The lowest BCUT2D eigenvalue weighted by atomic mass is 10.1. The van der Waals surface area contributed by atoms with Gasteiger partial charge in [0.2, 0.25) is 5.91 Å². The standard InChI is InChI=1S/C20H18ClN3O3/c1-27-18-7-5-13(9-17(18)21)6-8-19(26)24-15-11-22-20(23-12-15)14-3-2-4-16(25)10-14/h2-5,7,9-12,25H,6,8H2,1H3,(H,24,26). The predicted octanol–water partition coefficient (Wildman–Crippen LogP) is 4.08. The van der Waals surface area contributed by atoms with Crippen molar-refractivity contribution in [1.82, 2.24) is 9.97 Å². The van der Waals surface area contributed by atoms with Crippen molar-refractivity contribution < 1.29 is 14.6 Å². The van der Waals surface area contributed by atoms with Gasteiger partial charge < -0.3 is 15.2 Å². The summed E-state index contributed by atoms with van der Waals surface area (Å²) in [6.07, 6.45) is 3.93. The van der Waals surface area contributed by atoms with Gasteiger partial charge in [0.05, 0.1) is 30.2 Å². The Hall–Kier alpha value is -3.12. The molecule has 1 heterocycles. The number of ether oxygens (including phenoxy) is 1. The Labute approximate surface area is 161 Å². The highest BCUT2D eigenvalue weighted by Gasteiger charge is 2.08. The molecule has 138 valence electrons. The summed E-state index contributed by atoms with van der Waals surface area (Å²) in [6.45, 7) is 0. The van der Waals surface area contributed by atoms with Crippen LogP contribution in [-0.4, -0.2) is 28.1 Å². The molecule has 0 atom stereocenters. The summed E-state index contributed by atoms with van der Waals surface area (Å²) in [5, 5.41) is 12.8. The number of halogens is 1. The molecule has 7 heteroatoms. The summed E-state index contributed by atoms with van der Waals surface area (Å²) < 4.78 is 5.11. The maximum atomic E-state index is 12.1. The Morgan fingerprint density at radius 2 is 1.96 bits per heavy atom. The van der Waals surface area contributed by atoms with Gasteiger partial charge in [-0.05, 0) is 36.2 Å². The molecule has 0 saturated carbocycles. The second-order valence-corrected chi connectivity index (χ2v) is 6.27. The molecule has 2 N–H and O–H groups in total. The highest BCUT2D eigenvalue weighted by molar-refractivity contribution is 6.32.